The van der Waals surface area contributed by atoms with Crippen molar-refractivity contribution in [1.29, 1.82) is 0 Å². The van der Waals surface area contributed by atoms with Crippen molar-refractivity contribution in [2.75, 3.05) is 6.56 Å². The molecule has 2 N–H and O–H groups in total. The van der Waals surface area contributed by atoms with Gasteiger partial charge in [0, 0.05) is 37.3 Å². The first kappa shape index (κ1) is 11.2. The van der Waals surface area contributed by atoms with E-state index in [9.17, 15) is 28.3 Å². The van der Waals surface area contributed by atoms with Crippen LogP contribution in [0.3, 0.4) is 0 Å². The molecular weight excluding hydrogens is 400 g/mol. The summed E-state index contributed by atoms with van der Waals surface area (Å²) >= 11 is 0. The van der Waals surface area contributed by atoms with Gasteiger partial charge < -0.3 is 24.6 Å². The quantitative estimate of drug-likeness (QED) is 0.767. The highest BCUT2D eigenvalue weighted by molar-refractivity contribution is 5.99. The lowest BCUT2D eigenvalue weighted by Gasteiger charge is -2.44. The maximum atomic E-state index is 13.9. The van der Waals surface area contributed by atoms with Crippen LogP contribution >= 0.6 is 0 Å². The molecule has 1 fully saturated rings. The molecule has 158 valence electrons. The number of nitrogens with zero attached hydrogens (tertiary/aromatic N) is 2. The number of amides is 2. The molecule has 0 spiro atoms. The number of hydrogen-bond donors (Lipinski definition) is 2. The molecule has 8 nitrogen and oxygen atoms in total. The Balaban J connectivity index is 1.87. The molecule has 0 aliphatic carbocycles. The van der Waals surface area contributed by atoms with E-state index >= 15 is 0 Å². The second-order valence-corrected chi connectivity index (χ2v) is 6.20. The standard InChI is InChI=1S/C20H19F2N3O5/c1-10-4-5-30-15-9-24-8-13(17(26)18(27)16(24)20(29)25(10)15)19(28)23-7-11-2-3-12(21)6-14(11)22/h2-3,6,8,10,15,27H,4-5,7,9H2,1H3,(H,23,28)/t10-,15+/m1/s1/i1D3,4D2,5D2,9D2,15D. The van der Waals surface area contributed by atoms with Crippen LogP contribution < -0.4 is 10.7 Å². The van der Waals surface area contributed by atoms with E-state index in [1.807, 2.05) is 0 Å². The smallest absolute Gasteiger partial charge is 0.276 e. The van der Waals surface area contributed by atoms with Crippen molar-refractivity contribution in [3.05, 3.63) is 63.1 Å². The van der Waals surface area contributed by atoms with Crippen molar-refractivity contribution in [3.63, 3.8) is 0 Å². The molecule has 0 unspecified atom stereocenters. The molecule has 1 aromatic carbocycles. The number of aromatic nitrogens is 1. The fourth-order valence-electron chi connectivity index (χ4n) is 2.86. The Morgan fingerprint density at radius 2 is 2.27 bits per heavy atom. The molecule has 2 aromatic rings. The van der Waals surface area contributed by atoms with E-state index in [0.29, 0.717) is 12.3 Å². The Hall–Kier alpha value is -3.27. The van der Waals surface area contributed by atoms with Crippen LogP contribution in [0.1, 0.15) is 53.3 Å². The summed E-state index contributed by atoms with van der Waals surface area (Å²) < 4.78 is 113. The van der Waals surface area contributed by atoms with Crippen LogP contribution in [0.25, 0.3) is 0 Å². The van der Waals surface area contributed by atoms with Gasteiger partial charge in [-0.05, 0) is 19.3 Å². The summed E-state index contributed by atoms with van der Waals surface area (Å²) in [7, 11) is 0. The topological polar surface area (TPSA) is 101 Å². The Morgan fingerprint density at radius 1 is 1.47 bits per heavy atom. The molecule has 0 saturated carbocycles. The molecule has 1 aromatic heterocycles. The van der Waals surface area contributed by atoms with Crippen molar-refractivity contribution in [1.82, 2.24) is 14.8 Å². The molecule has 0 bridgehead atoms. The van der Waals surface area contributed by atoms with E-state index in [1.54, 1.807) is 0 Å². The number of ether oxygens (including phenoxy) is 1. The van der Waals surface area contributed by atoms with Gasteiger partial charge in [0.05, 0.1) is 19.9 Å². The van der Waals surface area contributed by atoms with Gasteiger partial charge in [0.25, 0.3) is 11.8 Å². The minimum atomic E-state index is -3.66. The summed E-state index contributed by atoms with van der Waals surface area (Å²) in [4.78, 5) is 38.8. The molecule has 1 saturated heterocycles. The molecule has 2 amide bonds. The van der Waals surface area contributed by atoms with Gasteiger partial charge in [0.15, 0.2) is 17.6 Å². The van der Waals surface area contributed by atoms with Crippen LogP contribution in [0, 0.1) is 11.6 Å². The molecule has 0 radical (unpaired) electrons. The van der Waals surface area contributed by atoms with Gasteiger partial charge in [-0.1, -0.05) is 6.07 Å². The number of halogens is 2. The van der Waals surface area contributed by atoms with Crippen molar-refractivity contribution in [2.45, 2.75) is 38.5 Å². The van der Waals surface area contributed by atoms with E-state index in [-0.39, 0.29) is 15.0 Å². The predicted octanol–water partition coefficient (Wildman–Crippen LogP) is 1.35. The van der Waals surface area contributed by atoms with E-state index < -0.39 is 91.0 Å². The molecule has 30 heavy (non-hydrogen) atoms. The van der Waals surface area contributed by atoms with Crippen molar-refractivity contribution in [2.24, 2.45) is 0 Å². The average Bonchev–Trinajstić information content (AvgIpc) is 2.79. The summed E-state index contributed by atoms with van der Waals surface area (Å²) in [5.74, 6) is -6.63. The first-order valence-corrected chi connectivity index (χ1v) is 8.34. The zero-order valence-corrected chi connectivity index (χ0v) is 14.8. The van der Waals surface area contributed by atoms with E-state index in [4.69, 9.17) is 18.4 Å². The summed E-state index contributed by atoms with van der Waals surface area (Å²) in [6.07, 6.45) is -6.80. The van der Waals surface area contributed by atoms with Gasteiger partial charge >= 0.3 is 0 Å². The van der Waals surface area contributed by atoms with Gasteiger partial charge in [-0.25, -0.2) is 8.78 Å². The molecular formula is C20H19F2N3O5. The zero-order chi connectivity index (χ0) is 30.4. The summed E-state index contributed by atoms with van der Waals surface area (Å²) in [5.41, 5.74) is -4.08. The minimum absolute atomic E-state index is 0.108. The third-order valence-electron chi connectivity index (χ3n) is 4.34. The third kappa shape index (κ3) is 3.32. The van der Waals surface area contributed by atoms with E-state index in [1.165, 1.54) is 0 Å². The number of pyridine rings is 1. The van der Waals surface area contributed by atoms with Crippen molar-refractivity contribution >= 4 is 11.8 Å². The predicted molar refractivity (Wildman–Crippen MR) is 99.9 cm³/mol. The van der Waals surface area contributed by atoms with Crippen LogP contribution in [0.2, 0.25) is 0 Å². The molecule has 2 atom stereocenters. The monoisotopic (exact) mass is 429 g/mol. The number of benzene rings is 1. The average molecular weight is 429 g/mol. The molecule has 3 heterocycles. The van der Waals surface area contributed by atoms with Crippen LogP contribution in [0.5, 0.6) is 5.75 Å². The molecule has 2 aliphatic rings. The van der Waals surface area contributed by atoms with E-state index in [0.717, 1.165) is 12.1 Å². The summed E-state index contributed by atoms with van der Waals surface area (Å²) in [5, 5.41) is 12.7. The number of hydrogen-bond acceptors (Lipinski definition) is 5. The maximum Gasteiger partial charge on any atom is 0.276 e. The normalized spacial score (nSPS) is 33.3. The van der Waals surface area contributed by atoms with Gasteiger partial charge in [0.2, 0.25) is 5.43 Å². The third-order valence-corrected chi connectivity index (χ3v) is 4.34. The SMILES string of the molecule is [2H]C([2H])([2H])[C@H]1N2C(=O)c3c(O)c(=O)c(C(=O)NCc4ccc(F)cc4F)cn3C([2H])([2H])[C@]2([2H])OC([2H])([2H])C1([2H])[2H]. The fraction of sp³-hybridized carbons (Fsp3) is 0.350. The van der Waals surface area contributed by atoms with Crippen molar-refractivity contribution < 1.29 is 41.9 Å². The lowest BCUT2D eigenvalue weighted by atomic mass is 10.1. The van der Waals surface area contributed by atoms with Gasteiger partial charge in [-0.3, -0.25) is 14.4 Å². The van der Waals surface area contributed by atoms with Crippen LogP contribution in [0.4, 0.5) is 8.78 Å². The Labute approximate surface area is 183 Å². The highest BCUT2D eigenvalue weighted by Crippen LogP contribution is 2.29. The van der Waals surface area contributed by atoms with E-state index in [2.05, 4.69) is 5.32 Å². The fourth-order valence-corrected chi connectivity index (χ4v) is 2.86. The van der Waals surface area contributed by atoms with Gasteiger partial charge in [0.1, 0.15) is 17.2 Å². The number of carbonyl (C=O) groups is 2. The molecule has 10 heteroatoms. The highest BCUT2D eigenvalue weighted by Gasteiger charge is 2.41. The lowest BCUT2D eigenvalue weighted by Crippen LogP contribution is -2.57. The van der Waals surface area contributed by atoms with Crippen LogP contribution in [0.15, 0.2) is 29.2 Å². The Bertz CT molecular complexity index is 1500. The maximum absolute atomic E-state index is 13.9. The first-order valence-electron chi connectivity index (χ1n) is 13.3. The summed E-state index contributed by atoms with van der Waals surface area (Å²) in [6, 6.07) is -0.424. The number of rotatable bonds is 3. The zero-order valence-electron chi connectivity index (χ0n) is 24.8. The second-order valence-electron chi connectivity index (χ2n) is 6.20. The van der Waals surface area contributed by atoms with Gasteiger partial charge in [-0.15, -0.1) is 0 Å². The number of nitrogens with one attached hydrogen (secondary N) is 1. The number of fused-ring (bicyclic) bond motifs is 2. The number of carbonyl (C=O) groups excluding carboxylic acids is 2. The highest BCUT2D eigenvalue weighted by atomic mass is 19.1. The Kier molecular flexibility index (Phi) is 2.81. The van der Waals surface area contributed by atoms with Crippen LogP contribution in [-0.2, 0) is 17.8 Å². The molecule has 2 aliphatic heterocycles. The van der Waals surface area contributed by atoms with Crippen LogP contribution in [-0.4, -0.2) is 45.2 Å². The van der Waals surface area contributed by atoms with Crippen molar-refractivity contribution in [3.8, 4) is 5.75 Å². The molecule has 4 rings (SSSR count). The summed E-state index contributed by atoms with van der Waals surface area (Å²) in [6.45, 7) is -11.4. The lowest BCUT2D eigenvalue weighted by molar-refractivity contribution is -0.112. The van der Waals surface area contributed by atoms with Gasteiger partial charge in [-0.2, -0.15) is 0 Å². The minimum Gasteiger partial charge on any atom is -0.503 e. The number of aromatic hydroxyl groups is 1. The Morgan fingerprint density at radius 3 is 3.00 bits per heavy atom. The second kappa shape index (κ2) is 7.52. The first-order chi connectivity index (χ1) is 18.1. The largest absolute Gasteiger partial charge is 0.503 e.